The van der Waals surface area contributed by atoms with Gasteiger partial charge in [0.1, 0.15) is 12.4 Å². The van der Waals surface area contributed by atoms with E-state index < -0.39 is 22.4 Å². The van der Waals surface area contributed by atoms with Gasteiger partial charge in [0, 0.05) is 11.8 Å². The summed E-state index contributed by atoms with van der Waals surface area (Å²) in [5.41, 5.74) is 1.54. The number of nitrogens with zero attached hydrogens (tertiary/aromatic N) is 3. The fraction of sp³-hybridized carbons (Fsp3) is 0.250. The lowest BCUT2D eigenvalue weighted by Gasteiger charge is -2.04. The molecule has 0 spiro atoms. The highest BCUT2D eigenvalue weighted by atomic mass is 19.1. The van der Waals surface area contributed by atoms with Gasteiger partial charge in [-0.1, -0.05) is 0 Å². The summed E-state index contributed by atoms with van der Waals surface area (Å²) in [5, 5.41) is 15.1. The summed E-state index contributed by atoms with van der Waals surface area (Å²) in [4.78, 5) is 21.8. The van der Waals surface area contributed by atoms with Crippen molar-refractivity contribution in [2.24, 2.45) is 0 Å². The van der Waals surface area contributed by atoms with Crippen LogP contribution in [0.4, 0.5) is 10.1 Å². The van der Waals surface area contributed by atoms with Gasteiger partial charge in [0.2, 0.25) is 0 Å². The molecule has 0 N–H and O–H groups in total. The summed E-state index contributed by atoms with van der Waals surface area (Å²) in [7, 11) is 0. The summed E-state index contributed by atoms with van der Waals surface area (Å²) >= 11 is 0. The normalized spacial score (nSPS) is 11.0. The van der Waals surface area contributed by atoms with E-state index in [9.17, 15) is 19.3 Å². The summed E-state index contributed by atoms with van der Waals surface area (Å²) in [6.07, 6.45) is 2.30. The number of benzene rings is 1. The largest absolute Gasteiger partial charge is 0.461 e. The number of carbonyl (C=O) groups is 1. The van der Waals surface area contributed by atoms with E-state index in [2.05, 4.69) is 5.10 Å². The molecule has 0 aliphatic carbocycles. The van der Waals surface area contributed by atoms with Crippen LogP contribution in [0.3, 0.4) is 0 Å². The van der Waals surface area contributed by atoms with Crippen molar-refractivity contribution in [1.82, 2.24) is 9.78 Å². The first kappa shape index (κ1) is 17.3. The molecule has 24 heavy (non-hydrogen) atoms. The maximum atomic E-state index is 13.0. The van der Waals surface area contributed by atoms with E-state index >= 15 is 0 Å². The average Bonchev–Trinajstić information content (AvgIpc) is 2.83. The minimum absolute atomic E-state index is 0.122. The Labute approximate surface area is 137 Å². The number of halogens is 1. The van der Waals surface area contributed by atoms with Gasteiger partial charge in [-0.2, -0.15) is 5.10 Å². The van der Waals surface area contributed by atoms with Crippen molar-refractivity contribution in [3.63, 3.8) is 0 Å². The standard InChI is InChI=1S/C16H16FN3O4/c1-11-9-12(2)19(18-11)7-8-24-16(21)6-4-13-3-5-14(17)10-15(13)20(22)23/h3-6,9-10H,7-8H2,1-2H3. The lowest BCUT2D eigenvalue weighted by atomic mass is 10.1. The number of ether oxygens (including phenoxy) is 1. The molecule has 7 nitrogen and oxygen atoms in total. The minimum Gasteiger partial charge on any atom is -0.461 e. The lowest BCUT2D eigenvalue weighted by molar-refractivity contribution is -0.385. The number of rotatable bonds is 6. The maximum Gasteiger partial charge on any atom is 0.330 e. The predicted molar refractivity (Wildman–Crippen MR) is 84.7 cm³/mol. The Balaban J connectivity index is 1.94. The summed E-state index contributed by atoms with van der Waals surface area (Å²) in [5.74, 6) is -1.36. The zero-order valence-electron chi connectivity index (χ0n) is 13.2. The topological polar surface area (TPSA) is 87.3 Å². The molecule has 0 aliphatic heterocycles. The van der Waals surface area contributed by atoms with E-state index in [4.69, 9.17) is 4.74 Å². The van der Waals surface area contributed by atoms with Gasteiger partial charge < -0.3 is 4.74 Å². The highest BCUT2D eigenvalue weighted by molar-refractivity contribution is 5.87. The molecule has 1 aromatic heterocycles. The second-order valence-electron chi connectivity index (χ2n) is 5.11. The number of nitro groups is 1. The Kier molecular flexibility index (Phi) is 5.41. The monoisotopic (exact) mass is 333 g/mol. The molecule has 2 aromatic rings. The van der Waals surface area contributed by atoms with Crippen LogP contribution in [-0.2, 0) is 16.1 Å². The lowest BCUT2D eigenvalue weighted by Crippen LogP contribution is -2.11. The van der Waals surface area contributed by atoms with Crippen LogP contribution in [0, 0.1) is 29.8 Å². The molecule has 0 amide bonds. The van der Waals surface area contributed by atoms with Gasteiger partial charge in [-0.15, -0.1) is 0 Å². The molecule has 126 valence electrons. The van der Waals surface area contributed by atoms with Crippen LogP contribution >= 0.6 is 0 Å². The van der Waals surface area contributed by atoms with Crippen LogP contribution in [0.25, 0.3) is 6.08 Å². The number of esters is 1. The van der Waals surface area contributed by atoms with Crippen LogP contribution < -0.4 is 0 Å². The molecule has 8 heteroatoms. The molecule has 0 atom stereocenters. The molecule has 0 radical (unpaired) electrons. The molecule has 2 rings (SSSR count). The Morgan fingerprint density at radius 1 is 1.42 bits per heavy atom. The fourth-order valence-corrected chi connectivity index (χ4v) is 2.16. The third kappa shape index (κ3) is 4.48. The van der Waals surface area contributed by atoms with Crippen LogP contribution in [0.5, 0.6) is 0 Å². The Morgan fingerprint density at radius 2 is 2.17 bits per heavy atom. The van der Waals surface area contributed by atoms with E-state index in [-0.39, 0.29) is 12.2 Å². The predicted octanol–water partition coefficient (Wildman–Crippen LogP) is 2.80. The van der Waals surface area contributed by atoms with Crippen molar-refractivity contribution in [2.75, 3.05) is 6.61 Å². The summed E-state index contributed by atoms with van der Waals surface area (Å²) in [6, 6.07) is 5.02. The van der Waals surface area contributed by atoms with Crippen LogP contribution in [0.2, 0.25) is 0 Å². The Morgan fingerprint density at radius 3 is 2.79 bits per heavy atom. The van der Waals surface area contributed by atoms with Crippen molar-refractivity contribution >= 4 is 17.7 Å². The fourth-order valence-electron chi connectivity index (χ4n) is 2.16. The zero-order chi connectivity index (χ0) is 17.7. The molecule has 0 saturated carbocycles. The third-order valence-corrected chi connectivity index (χ3v) is 3.24. The van der Waals surface area contributed by atoms with E-state index in [1.807, 2.05) is 19.9 Å². The molecule has 0 unspecified atom stereocenters. The first-order valence-corrected chi connectivity index (χ1v) is 7.16. The maximum absolute atomic E-state index is 13.0. The van der Waals surface area contributed by atoms with Gasteiger partial charge in [-0.05, 0) is 38.1 Å². The van der Waals surface area contributed by atoms with Crippen LogP contribution in [0.15, 0.2) is 30.3 Å². The van der Waals surface area contributed by atoms with Gasteiger partial charge in [-0.25, -0.2) is 9.18 Å². The van der Waals surface area contributed by atoms with Crippen molar-refractivity contribution in [1.29, 1.82) is 0 Å². The van der Waals surface area contributed by atoms with Gasteiger partial charge >= 0.3 is 5.97 Å². The second-order valence-corrected chi connectivity index (χ2v) is 5.11. The molecule has 0 saturated heterocycles. The number of carbonyl (C=O) groups excluding carboxylic acids is 1. The smallest absolute Gasteiger partial charge is 0.330 e. The van der Waals surface area contributed by atoms with E-state index in [1.165, 1.54) is 12.1 Å². The van der Waals surface area contributed by atoms with Gasteiger partial charge in [0.05, 0.1) is 28.8 Å². The van der Waals surface area contributed by atoms with E-state index in [0.29, 0.717) is 6.54 Å². The first-order chi connectivity index (χ1) is 11.4. The quantitative estimate of drug-likeness (QED) is 0.351. The average molecular weight is 333 g/mol. The second kappa shape index (κ2) is 7.49. The molecule has 1 aromatic carbocycles. The number of hydrogen-bond acceptors (Lipinski definition) is 5. The first-order valence-electron chi connectivity index (χ1n) is 7.16. The SMILES string of the molecule is Cc1cc(C)n(CCOC(=O)C=Cc2ccc(F)cc2[N+](=O)[O-])n1. The molecular formula is C16H16FN3O4. The van der Waals surface area contributed by atoms with Crippen LogP contribution in [-0.4, -0.2) is 27.3 Å². The summed E-state index contributed by atoms with van der Waals surface area (Å²) in [6.45, 7) is 4.30. The van der Waals surface area contributed by atoms with Gasteiger partial charge in [0.25, 0.3) is 5.69 Å². The van der Waals surface area contributed by atoms with E-state index in [0.717, 1.165) is 29.6 Å². The molecular weight excluding hydrogens is 317 g/mol. The Bertz CT molecular complexity index is 799. The number of aryl methyl sites for hydroxylation is 2. The van der Waals surface area contributed by atoms with Gasteiger partial charge in [-0.3, -0.25) is 14.8 Å². The number of aromatic nitrogens is 2. The van der Waals surface area contributed by atoms with Crippen LogP contribution in [0.1, 0.15) is 17.0 Å². The molecule has 1 heterocycles. The third-order valence-electron chi connectivity index (χ3n) is 3.24. The van der Waals surface area contributed by atoms with E-state index in [1.54, 1.807) is 4.68 Å². The highest BCUT2D eigenvalue weighted by Gasteiger charge is 2.13. The van der Waals surface area contributed by atoms with Crippen molar-refractivity contribution < 1.29 is 18.8 Å². The number of hydrogen-bond donors (Lipinski definition) is 0. The van der Waals surface area contributed by atoms with Crippen molar-refractivity contribution in [2.45, 2.75) is 20.4 Å². The highest BCUT2D eigenvalue weighted by Crippen LogP contribution is 2.21. The van der Waals surface area contributed by atoms with Crippen molar-refractivity contribution in [3.05, 3.63) is 63.2 Å². The molecule has 0 fully saturated rings. The van der Waals surface area contributed by atoms with Crippen molar-refractivity contribution in [3.8, 4) is 0 Å². The Hall–Kier alpha value is -3.03. The molecule has 0 bridgehead atoms. The molecule has 0 aliphatic rings. The van der Waals surface area contributed by atoms with Gasteiger partial charge in [0.15, 0.2) is 0 Å². The number of nitro benzene ring substituents is 1. The zero-order valence-corrected chi connectivity index (χ0v) is 13.2. The summed E-state index contributed by atoms with van der Waals surface area (Å²) < 4.78 is 19.8. The minimum atomic E-state index is -0.716.